The van der Waals surface area contributed by atoms with Crippen molar-refractivity contribution in [3.05, 3.63) is 59.9 Å². The molecule has 0 aromatic heterocycles. The lowest BCUT2D eigenvalue weighted by Crippen LogP contribution is -2.31. The van der Waals surface area contributed by atoms with Crippen LogP contribution in [-0.2, 0) is 20.7 Å². The fraction of sp³-hybridized carbons (Fsp3) is 0.263. The number of ether oxygens (including phenoxy) is 3. The Morgan fingerprint density at radius 2 is 1.69 bits per heavy atom. The van der Waals surface area contributed by atoms with Crippen LogP contribution in [0.3, 0.4) is 0 Å². The van der Waals surface area contributed by atoms with E-state index in [0.717, 1.165) is 5.56 Å². The Morgan fingerprint density at radius 3 is 2.38 bits per heavy atom. The SMILES string of the molecule is COc1ccccc1OCC(=O)OCC(=O)NCCc1ccc(F)cc1. The minimum Gasteiger partial charge on any atom is -0.493 e. The number of methoxy groups -OCH3 is 1. The number of benzene rings is 2. The summed E-state index contributed by atoms with van der Waals surface area (Å²) < 4.78 is 28.1. The highest BCUT2D eigenvalue weighted by molar-refractivity contribution is 5.80. The third-order valence-electron chi connectivity index (χ3n) is 3.43. The zero-order valence-electron chi connectivity index (χ0n) is 14.4. The number of hydrogen-bond acceptors (Lipinski definition) is 5. The number of para-hydroxylation sites is 2. The van der Waals surface area contributed by atoms with Crippen LogP contribution < -0.4 is 14.8 Å². The summed E-state index contributed by atoms with van der Waals surface area (Å²) >= 11 is 0. The molecule has 0 radical (unpaired) electrons. The third-order valence-corrected chi connectivity index (χ3v) is 3.43. The topological polar surface area (TPSA) is 73.9 Å². The van der Waals surface area contributed by atoms with E-state index in [-0.39, 0.29) is 12.4 Å². The third kappa shape index (κ3) is 6.43. The van der Waals surface area contributed by atoms with Gasteiger partial charge in [0.15, 0.2) is 24.7 Å². The number of esters is 1. The second-order valence-electron chi connectivity index (χ2n) is 5.33. The Morgan fingerprint density at radius 1 is 1.00 bits per heavy atom. The first-order valence-corrected chi connectivity index (χ1v) is 8.01. The molecular formula is C19H20FNO5. The molecular weight excluding hydrogens is 341 g/mol. The van der Waals surface area contributed by atoms with Crippen molar-refractivity contribution in [2.24, 2.45) is 0 Å². The minimum atomic E-state index is -0.662. The summed E-state index contributed by atoms with van der Waals surface area (Å²) in [7, 11) is 1.50. The highest BCUT2D eigenvalue weighted by atomic mass is 19.1. The largest absolute Gasteiger partial charge is 0.493 e. The van der Waals surface area contributed by atoms with Gasteiger partial charge in [-0.05, 0) is 36.2 Å². The number of amides is 1. The van der Waals surface area contributed by atoms with Crippen LogP contribution in [0.2, 0.25) is 0 Å². The predicted octanol–water partition coefficient (Wildman–Crippen LogP) is 2.12. The molecule has 0 saturated heterocycles. The van der Waals surface area contributed by atoms with Gasteiger partial charge in [-0.25, -0.2) is 9.18 Å². The van der Waals surface area contributed by atoms with Crippen LogP contribution >= 0.6 is 0 Å². The fourth-order valence-corrected chi connectivity index (χ4v) is 2.11. The van der Waals surface area contributed by atoms with Gasteiger partial charge < -0.3 is 19.5 Å². The van der Waals surface area contributed by atoms with Crippen molar-refractivity contribution >= 4 is 11.9 Å². The van der Waals surface area contributed by atoms with E-state index >= 15 is 0 Å². The van der Waals surface area contributed by atoms with E-state index in [0.29, 0.717) is 24.5 Å². The molecule has 2 rings (SSSR count). The first kappa shape index (κ1) is 19.2. The molecule has 0 aliphatic rings. The zero-order valence-corrected chi connectivity index (χ0v) is 14.4. The van der Waals surface area contributed by atoms with Gasteiger partial charge in [0.25, 0.3) is 5.91 Å². The maximum absolute atomic E-state index is 12.8. The van der Waals surface area contributed by atoms with Crippen LogP contribution in [0, 0.1) is 5.82 Å². The molecule has 1 N–H and O–H groups in total. The second-order valence-corrected chi connectivity index (χ2v) is 5.33. The summed E-state index contributed by atoms with van der Waals surface area (Å²) in [5.74, 6) is -0.475. The van der Waals surface area contributed by atoms with Crippen molar-refractivity contribution in [2.75, 3.05) is 26.9 Å². The summed E-state index contributed by atoms with van der Waals surface area (Å²) in [6.45, 7) is -0.361. The van der Waals surface area contributed by atoms with Gasteiger partial charge in [0.2, 0.25) is 0 Å². The van der Waals surface area contributed by atoms with Crippen LogP contribution in [0.1, 0.15) is 5.56 Å². The maximum Gasteiger partial charge on any atom is 0.344 e. The number of nitrogens with one attached hydrogen (secondary N) is 1. The maximum atomic E-state index is 12.8. The molecule has 0 atom stereocenters. The molecule has 2 aromatic carbocycles. The number of rotatable bonds is 9. The molecule has 0 unspecified atom stereocenters. The molecule has 0 bridgehead atoms. The van der Waals surface area contributed by atoms with Gasteiger partial charge in [-0.2, -0.15) is 0 Å². The zero-order chi connectivity index (χ0) is 18.8. The predicted molar refractivity (Wildman–Crippen MR) is 92.6 cm³/mol. The molecule has 1 amide bonds. The van der Waals surface area contributed by atoms with Crippen molar-refractivity contribution in [3.8, 4) is 11.5 Å². The Bertz CT molecular complexity index is 733. The van der Waals surface area contributed by atoms with Crippen molar-refractivity contribution in [2.45, 2.75) is 6.42 Å². The number of halogens is 1. The molecule has 0 aliphatic heterocycles. The van der Waals surface area contributed by atoms with Crippen LogP contribution in [0.15, 0.2) is 48.5 Å². The van der Waals surface area contributed by atoms with Gasteiger partial charge in [-0.15, -0.1) is 0 Å². The molecule has 2 aromatic rings. The number of carbonyl (C=O) groups is 2. The molecule has 138 valence electrons. The fourth-order valence-electron chi connectivity index (χ4n) is 2.11. The van der Waals surface area contributed by atoms with E-state index < -0.39 is 18.5 Å². The van der Waals surface area contributed by atoms with E-state index in [1.807, 2.05) is 0 Å². The normalized spacial score (nSPS) is 10.1. The van der Waals surface area contributed by atoms with Crippen molar-refractivity contribution < 1.29 is 28.2 Å². The standard InChI is InChI=1S/C19H20FNO5/c1-24-16-4-2-3-5-17(16)25-13-19(23)26-12-18(22)21-11-10-14-6-8-15(20)9-7-14/h2-9H,10-13H2,1H3,(H,21,22). The first-order valence-electron chi connectivity index (χ1n) is 8.01. The average molecular weight is 361 g/mol. The van der Waals surface area contributed by atoms with E-state index in [2.05, 4.69) is 5.32 Å². The van der Waals surface area contributed by atoms with Gasteiger partial charge in [0.1, 0.15) is 5.82 Å². The van der Waals surface area contributed by atoms with Gasteiger partial charge in [0.05, 0.1) is 7.11 Å². The molecule has 0 heterocycles. The lowest BCUT2D eigenvalue weighted by molar-refractivity contribution is -0.150. The van der Waals surface area contributed by atoms with Gasteiger partial charge >= 0.3 is 5.97 Å². The summed E-state index contributed by atoms with van der Waals surface area (Å²) in [5.41, 5.74) is 0.897. The lowest BCUT2D eigenvalue weighted by atomic mass is 10.1. The molecule has 7 heteroatoms. The monoisotopic (exact) mass is 361 g/mol. The molecule has 6 nitrogen and oxygen atoms in total. The Balaban J connectivity index is 1.63. The summed E-state index contributed by atoms with van der Waals surface area (Å²) in [5, 5.41) is 2.62. The van der Waals surface area contributed by atoms with Crippen LogP contribution in [0.5, 0.6) is 11.5 Å². The smallest absolute Gasteiger partial charge is 0.344 e. The second kappa shape index (κ2) is 10.0. The molecule has 0 spiro atoms. The summed E-state index contributed by atoms with van der Waals surface area (Å²) in [6.07, 6.45) is 0.552. The van der Waals surface area contributed by atoms with Crippen LogP contribution in [0.4, 0.5) is 4.39 Å². The van der Waals surface area contributed by atoms with E-state index in [4.69, 9.17) is 14.2 Å². The van der Waals surface area contributed by atoms with Crippen molar-refractivity contribution in [1.82, 2.24) is 5.32 Å². The lowest BCUT2D eigenvalue weighted by Gasteiger charge is -2.10. The van der Waals surface area contributed by atoms with Crippen LogP contribution in [0.25, 0.3) is 0 Å². The molecule has 0 saturated carbocycles. The highest BCUT2D eigenvalue weighted by Gasteiger charge is 2.10. The van der Waals surface area contributed by atoms with Gasteiger partial charge in [-0.1, -0.05) is 24.3 Å². The Labute approximate surface area is 150 Å². The summed E-state index contributed by atoms with van der Waals surface area (Å²) in [6, 6.07) is 12.9. The van der Waals surface area contributed by atoms with Crippen molar-refractivity contribution in [1.29, 1.82) is 0 Å². The highest BCUT2D eigenvalue weighted by Crippen LogP contribution is 2.25. The van der Waals surface area contributed by atoms with Crippen LogP contribution in [-0.4, -0.2) is 38.7 Å². The average Bonchev–Trinajstić information content (AvgIpc) is 2.66. The molecule has 0 aliphatic carbocycles. The van der Waals surface area contributed by atoms with E-state index in [1.165, 1.54) is 19.2 Å². The Kier molecular flexibility index (Phi) is 7.42. The Hall–Kier alpha value is -3.09. The van der Waals surface area contributed by atoms with Gasteiger partial charge in [0, 0.05) is 6.54 Å². The van der Waals surface area contributed by atoms with Gasteiger partial charge in [-0.3, -0.25) is 4.79 Å². The molecule has 26 heavy (non-hydrogen) atoms. The molecule has 0 fully saturated rings. The van der Waals surface area contributed by atoms with E-state index in [9.17, 15) is 14.0 Å². The first-order chi connectivity index (χ1) is 12.6. The minimum absolute atomic E-state index is 0.306. The summed E-state index contributed by atoms with van der Waals surface area (Å²) in [4.78, 5) is 23.3. The number of carbonyl (C=O) groups excluding carboxylic acids is 2. The quantitative estimate of drug-likeness (QED) is 0.693. The van der Waals surface area contributed by atoms with Crippen molar-refractivity contribution in [3.63, 3.8) is 0 Å². The number of hydrogen-bond donors (Lipinski definition) is 1. The van der Waals surface area contributed by atoms with E-state index in [1.54, 1.807) is 36.4 Å².